The normalized spacial score (nSPS) is 12.0. The monoisotopic (exact) mass is 322 g/mol. The lowest BCUT2D eigenvalue weighted by molar-refractivity contribution is -0.120. The van der Waals surface area contributed by atoms with Gasteiger partial charge < -0.3 is 10.6 Å². The third kappa shape index (κ3) is 4.44. The number of nitrogens with one attached hydrogen (secondary N) is 2. The Bertz CT molecular complexity index is 615. The molecule has 5 nitrogen and oxygen atoms in total. The summed E-state index contributed by atoms with van der Waals surface area (Å²) in [5.41, 5.74) is 2.17. The third-order valence-corrected chi connectivity index (χ3v) is 4.81. The summed E-state index contributed by atoms with van der Waals surface area (Å²) in [7, 11) is 0. The van der Waals surface area contributed by atoms with Gasteiger partial charge in [-0.2, -0.15) is 0 Å². The van der Waals surface area contributed by atoms with Crippen LogP contribution >= 0.6 is 23.1 Å². The van der Waals surface area contributed by atoms with E-state index in [9.17, 15) is 4.79 Å². The third-order valence-electron chi connectivity index (χ3n) is 2.79. The first-order chi connectivity index (χ1) is 10.1. The van der Waals surface area contributed by atoms with Crippen LogP contribution in [0.4, 0.5) is 10.8 Å². The molecule has 1 atom stereocenters. The standard InChI is InChI=1S/C14H18N4OS2/c1-4-15-12(19)10(3)20-14-18-17-13(21-14)16-11-8-6-5-7-9(11)2/h5-8,10H,4H2,1-3H3,(H,15,19)(H,16,17)/t10-/m0/s1. The summed E-state index contributed by atoms with van der Waals surface area (Å²) in [6, 6.07) is 8.01. The Morgan fingerprint density at radius 2 is 2.14 bits per heavy atom. The van der Waals surface area contributed by atoms with Gasteiger partial charge >= 0.3 is 0 Å². The molecule has 2 rings (SSSR count). The molecule has 0 bridgehead atoms. The number of nitrogens with zero attached hydrogens (tertiary/aromatic N) is 2. The molecule has 7 heteroatoms. The number of para-hydroxylation sites is 1. The molecular weight excluding hydrogens is 304 g/mol. The number of thioether (sulfide) groups is 1. The number of aryl methyl sites for hydroxylation is 1. The van der Waals surface area contributed by atoms with Crippen molar-refractivity contribution < 1.29 is 4.79 Å². The predicted octanol–water partition coefficient (Wildman–Crippen LogP) is 3.21. The molecule has 0 aliphatic heterocycles. The van der Waals surface area contributed by atoms with Gasteiger partial charge in [-0.05, 0) is 32.4 Å². The number of anilines is 2. The van der Waals surface area contributed by atoms with Gasteiger partial charge in [-0.1, -0.05) is 41.3 Å². The summed E-state index contributed by atoms with van der Waals surface area (Å²) in [6.07, 6.45) is 0. The Hall–Kier alpha value is -1.60. The van der Waals surface area contributed by atoms with Crippen LogP contribution in [0, 0.1) is 6.92 Å². The molecule has 1 aromatic carbocycles. The molecule has 21 heavy (non-hydrogen) atoms. The van der Waals surface area contributed by atoms with Gasteiger partial charge in [-0.3, -0.25) is 4.79 Å². The molecule has 1 heterocycles. The van der Waals surface area contributed by atoms with Crippen molar-refractivity contribution in [3.8, 4) is 0 Å². The highest BCUT2D eigenvalue weighted by Gasteiger charge is 2.16. The molecule has 0 saturated carbocycles. The first-order valence-corrected chi connectivity index (χ1v) is 8.40. The zero-order valence-corrected chi connectivity index (χ0v) is 13.8. The quantitative estimate of drug-likeness (QED) is 0.799. The van der Waals surface area contributed by atoms with Crippen molar-refractivity contribution in [2.75, 3.05) is 11.9 Å². The van der Waals surface area contributed by atoms with Gasteiger partial charge in [0, 0.05) is 12.2 Å². The van der Waals surface area contributed by atoms with E-state index < -0.39 is 0 Å². The van der Waals surface area contributed by atoms with Crippen molar-refractivity contribution >= 4 is 39.8 Å². The number of benzene rings is 1. The van der Waals surface area contributed by atoms with Crippen LogP contribution < -0.4 is 10.6 Å². The van der Waals surface area contributed by atoms with E-state index in [-0.39, 0.29) is 11.2 Å². The number of carbonyl (C=O) groups is 1. The molecule has 2 N–H and O–H groups in total. The molecule has 0 saturated heterocycles. The SMILES string of the molecule is CCNC(=O)[C@H](C)Sc1nnc(Nc2ccccc2C)s1. The maximum atomic E-state index is 11.7. The van der Waals surface area contributed by atoms with E-state index in [4.69, 9.17) is 0 Å². The van der Waals surface area contributed by atoms with Gasteiger partial charge in [0.2, 0.25) is 11.0 Å². The number of aromatic nitrogens is 2. The topological polar surface area (TPSA) is 66.9 Å². The Balaban J connectivity index is 1.99. The van der Waals surface area contributed by atoms with E-state index in [2.05, 4.69) is 20.8 Å². The molecule has 1 aromatic heterocycles. The van der Waals surface area contributed by atoms with Gasteiger partial charge in [0.1, 0.15) is 0 Å². The van der Waals surface area contributed by atoms with E-state index in [1.165, 1.54) is 23.1 Å². The summed E-state index contributed by atoms with van der Waals surface area (Å²) in [6.45, 7) is 6.45. The molecule has 0 aliphatic rings. The zero-order valence-electron chi connectivity index (χ0n) is 12.2. The van der Waals surface area contributed by atoms with Gasteiger partial charge in [-0.25, -0.2) is 0 Å². The van der Waals surface area contributed by atoms with E-state index in [0.717, 1.165) is 20.7 Å². The van der Waals surface area contributed by atoms with Crippen LogP contribution in [0.5, 0.6) is 0 Å². The summed E-state index contributed by atoms with van der Waals surface area (Å²) < 4.78 is 0.782. The first kappa shape index (κ1) is 15.8. The minimum atomic E-state index is -0.177. The van der Waals surface area contributed by atoms with Crippen molar-refractivity contribution in [3.63, 3.8) is 0 Å². The molecule has 112 valence electrons. The molecule has 0 aliphatic carbocycles. The van der Waals surface area contributed by atoms with Crippen molar-refractivity contribution in [1.82, 2.24) is 15.5 Å². The van der Waals surface area contributed by atoms with Crippen LogP contribution in [0.2, 0.25) is 0 Å². The molecule has 0 spiro atoms. The van der Waals surface area contributed by atoms with Crippen molar-refractivity contribution in [3.05, 3.63) is 29.8 Å². The van der Waals surface area contributed by atoms with Crippen molar-refractivity contribution in [2.24, 2.45) is 0 Å². The number of hydrogen-bond acceptors (Lipinski definition) is 6. The molecule has 0 unspecified atom stereocenters. The molecular formula is C14H18N4OS2. The number of hydrogen-bond donors (Lipinski definition) is 2. The van der Waals surface area contributed by atoms with E-state index >= 15 is 0 Å². The van der Waals surface area contributed by atoms with Crippen LogP contribution in [-0.4, -0.2) is 27.9 Å². The van der Waals surface area contributed by atoms with Crippen molar-refractivity contribution in [2.45, 2.75) is 30.4 Å². The minimum Gasteiger partial charge on any atom is -0.355 e. The highest BCUT2D eigenvalue weighted by atomic mass is 32.2. The number of rotatable bonds is 6. The summed E-state index contributed by atoms with van der Waals surface area (Å²) in [5.74, 6) is 0.0195. The van der Waals surface area contributed by atoms with Crippen LogP contribution in [0.1, 0.15) is 19.4 Å². The summed E-state index contributed by atoms with van der Waals surface area (Å²) in [5, 5.41) is 14.8. The van der Waals surface area contributed by atoms with Crippen LogP contribution in [0.25, 0.3) is 0 Å². The Morgan fingerprint density at radius 3 is 2.86 bits per heavy atom. The molecule has 0 fully saturated rings. The largest absolute Gasteiger partial charge is 0.355 e. The van der Waals surface area contributed by atoms with Gasteiger partial charge in [0.15, 0.2) is 4.34 Å². The smallest absolute Gasteiger partial charge is 0.233 e. The van der Waals surface area contributed by atoms with Crippen LogP contribution in [0.15, 0.2) is 28.6 Å². The second-order valence-corrected chi connectivity index (χ2v) is 7.03. The van der Waals surface area contributed by atoms with E-state index in [1.807, 2.05) is 45.0 Å². The van der Waals surface area contributed by atoms with E-state index in [0.29, 0.717) is 6.54 Å². The molecule has 1 amide bonds. The lowest BCUT2D eigenvalue weighted by Gasteiger charge is -2.07. The minimum absolute atomic E-state index is 0.0195. The fraction of sp³-hybridized carbons (Fsp3) is 0.357. The van der Waals surface area contributed by atoms with Gasteiger partial charge in [0.25, 0.3) is 0 Å². The second-order valence-electron chi connectivity index (χ2n) is 4.47. The van der Waals surface area contributed by atoms with Crippen molar-refractivity contribution in [1.29, 1.82) is 0 Å². The highest BCUT2D eigenvalue weighted by Crippen LogP contribution is 2.30. The van der Waals surface area contributed by atoms with E-state index in [1.54, 1.807) is 0 Å². The second kappa shape index (κ2) is 7.42. The lowest BCUT2D eigenvalue weighted by Crippen LogP contribution is -2.30. The summed E-state index contributed by atoms with van der Waals surface area (Å²) >= 11 is 2.87. The fourth-order valence-corrected chi connectivity index (χ4v) is 3.59. The first-order valence-electron chi connectivity index (χ1n) is 6.70. The van der Waals surface area contributed by atoms with Gasteiger partial charge in [0.05, 0.1) is 5.25 Å². The Labute approximate surface area is 132 Å². The zero-order chi connectivity index (χ0) is 15.2. The maximum Gasteiger partial charge on any atom is 0.233 e. The predicted molar refractivity (Wildman–Crippen MR) is 88.4 cm³/mol. The average Bonchev–Trinajstić information content (AvgIpc) is 2.89. The van der Waals surface area contributed by atoms with Crippen LogP contribution in [-0.2, 0) is 4.79 Å². The Kier molecular flexibility index (Phi) is 5.58. The van der Waals surface area contributed by atoms with Crippen LogP contribution in [0.3, 0.4) is 0 Å². The van der Waals surface area contributed by atoms with Gasteiger partial charge in [-0.15, -0.1) is 10.2 Å². The maximum absolute atomic E-state index is 11.7. The highest BCUT2D eigenvalue weighted by molar-refractivity contribution is 8.02. The summed E-state index contributed by atoms with van der Waals surface area (Å²) in [4.78, 5) is 11.7. The molecule has 0 radical (unpaired) electrons. The Morgan fingerprint density at radius 1 is 1.38 bits per heavy atom. The fourth-order valence-electron chi connectivity index (χ4n) is 1.66. The number of carbonyl (C=O) groups excluding carboxylic acids is 1. The number of amides is 1. The lowest BCUT2D eigenvalue weighted by atomic mass is 10.2. The average molecular weight is 322 g/mol. The molecule has 2 aromatic rings.